The van der Waals surface area contributed by atoms with Gasteiger partial charge in [0.05, 0.1) is 11.4 Å². The van der Waals surface area contributed by atoms with E-state index in [9.17, 15) is 0 Å². The van der Waals surface area contributed by atoms with E-state index < -0.39 is 0 Å². The third-order valence-electron chi connectivity index (χ3n) is 3.58. The Morgan fingerprint density at radius 3 is 2.82 bits per heavy atom. The van der Waals surface area contributed by atoms with Crippen molar-refractivity contribution in [3.8, 4) is 0 Å². The van der Waals surface area contributed by atoms with Gasteiger partial charge in [-0.25, -0.2) is 0 Å². The summed E-state index contributed by atoms with van der Waals surface area (Å²) in [4.78, 5) is 0. The van der Waals surface area contributed by atoms with Gasteiger partial charge in [0.15, 0.2) is 0 Å². The molecule has 0 amide bonds. The number of rotatable bonds is 2. The molecule has 3 N–H and O–H groups in total. The number of nitrogen functional groups attached to an aromatic ring is 1. The summed E-state index contributed by atoms with van der Waals surface area (Å²) in [6.45, 7) is 4.71. The van der Waals surface area contributed by atoms with E-state index in [4.69, 9.17) is 5.73 Å². The lowest BCUT2D eigenvalue weighted by Crippen LogP contribution is -2.31. The molecule has 1 saturated carbocycles. The van der Waals surface area contributed by atoms with Crippen LogP contribution in [0.5, 0.6) is 0 Å². The molecule has 1 aliphatic rings. The molecular weight excluding hydrogens is 276 g/mol. The van der Waals surface area contributed by atoms with Gasteiger partial charge in [0.1, 0.15) is 0 Å². The van der Waals surface area contributed by atoms with Crippen LogP contribution in [0.4, 0.5) is 11.4 Å². The lowest BCUT2D eigenvalue weighted by atomic mass is 9.75. The fourth-order valence-corrected chi connectivity index (χ4v) is 3.09. The number of benzene rings is 1. The molecule has 0 aromatic heterocycles. The van der Waals surface area contributed by atoms with Crippen LogP contribution < -0.4 is 11.1 Å². The second-order valence-corrected chi connectivity index (χ2v) is 6.75. The smallest absolute Gasteiger partial charge is 0.0576 e. The van der Waals surface area contributed by atoms with E-state index in [1.54, 1.807) is 0 Å². The van der Waals surface area contributed by atoms with Gasteiger partial charge < -0.3 is 11.1 Å². The third kappa shape index (κ3) is 3.38. The van der Waals surface area contributed by atoms with Crippen LogP contribution >= 0.6 is 15.9 Å². The van der Waals surface area contributed by atoms with Gasteiger partial charge in [-0.05, 0) is 42.9 Å². The zero-order valence-corrected chi connectivity index (χ0v) is 12.2. The average molecular weight is 297 g/mol. The van der Waals surface area contributed by atoms with Crippen LogP contribution in [0.1, 0.15) is 39.5 Å². The van der Waals surface area contributed by atoms with E-state index in [2.05, 4.69) is 41.2 Å². The molecule has 0 heterocycles. The summed E-state index contributed by atoms with van der Waals surface area (Å²) in [5.74, 6) is 0. The standard InChI is InChI=1S/C14H21BrN2/c1-14(2)7-3-4-11(9-14)17-13-6-5-10(15)8-12(13)16/h5-6,8,11,17H,3-4,7,9,16H2,1-2H3/t11-/m0/s1. The van der Waals surface area contributed by atoms with Gasteiger partial charge in [0, 0.05) is 10.5 Å². The Kier molecular flexibility index (Phi) is 3.67. The van der Waals surface area contributed by atoms with Gasteiger partial charge >= 0.3 is 0 Å². The number of hydrogen-bond acceptors (Lipinski definition) is 2. The Bertz CT molecular complexity index is 401. The van der Waals surface area contributed by atoms with Crippen LogP contribution in [0.15, 0.2) is 22.7 Å². The Hall–Kier alpha value is -0.700. The molecule has 0 radical (unpaired) electrons. The van der Waals surface area contributed by atoms with Crippen molar-refractivity contribution in [3.63, 3.8) is 0 Å². The summed E-state index contributed by atoms with van der Waals surface area (Å²) >= 11 is 3.43. The highest BCUT2D eigenvalue weighted by Crippen LogP contribution is 2.37. The van der Waals surface area contributed by atoms with Crippen LogP contribution in [0, 0.1) is 5.41 Å². The lowest BCUT2D eigenvalue weighted by Gasteiger charge is -2.36. The summed E-state index contributed by atoms with van der Waals surface area (Å²) < 4.78 is 1.03. The van der Waals surface area contributed by atoms with Crippen molar-refractivity contribution in [2.45, 2.75) is 45.6 Å². The number of halogens is 1. The first-order valence-corrected chi connectivity index (χ1v) is 7.07. The topological polar surface area (TPSA) is 38.0 Å². The zero-order chi connectivity index (χ0) is 12.5. The number of anilines is 2. The van der Waals surface area contributed by atoms with Gasteiger partial charge in [0.2, 0.25) is 0 Å². The Morgan fingerprint density at radius 2 is 2.18 bits per heavy atom. The first-order chi connectivity index (χ1) is 7.96. The van der Waals surface area contributed by atoms with Crippen LogP contribution in [0.25, 0.3) is 0 Å². The van der Waals surface area contributed by atoms with Gasteiger partial charge in [-0.2, -0.15) is 0 Å². The molecule has 1 fully saturated rings. The summed E-state index contributed by atoms with van der Waals surface area (Å²) in [5.41, 5.74) is 8.36. The lowest BCUT2D eigenvalue weighted by molar-refractivity contribution is 0.229. The maximum atomic E-state index is 6.01. The predicted octanol–water partition coefficient (Wildman–Crippen LogP) is 4.41. The second kappa shape index (κ2) is 4.89. The van der Waals surface area contributed by atoms with Gasteiger partial charge in [-0.3, -0.25) is 0 Å². The fourth-order valence-electron chi connectivity index (χ4n) is 2.71. The predicted molar refractivity (Wildman–Crippen MR) is 78.2 cm³/mol. The van der Waals surface area contributed by atoms with Gasteiger partial charge in [-0.1, -0.05) is 36.2 Å². The molecule has 2 nitrogen and oxygen atoms in total. The van der Waals surface area contributed by atoms with Crippen LogP contribution in [0.3, 0.4) is 0 Å². The van der Waals surface area contributed by atoms with E-state index in [1.165, 1.54) is 25.7 Å². The molecular formula is C14H21BrN2. The van der Waals surface area contributed by atoms with Crippen molar-refractivity contribution in [2.24, 2.45) is 5.41 Å². The molecule has 2 rings (SSSR count). The molecule has 0 unspecified atom stereocenters. The molecule has 17 heavy (non-hydrogen) atoms. The van der Waals surface area contributed by atoms with E-state index in [1.807, 2.05) is 12.1 Å². The number of nitrogens with one attached hydrogen (secondary N) is 1. The van der Waals surface area contributed by atoms with E-state index in [0.717, 1.165) is 15.8 Å². The Morgan fingerprint density at radius 1 is 1.41 bits per heavy atom. The maximum Gasteiger partial charge on any atom is 0.0576 e. The number of hydrogen-bond donors (Lipinski definition) is 2. The Labute approximate surface area is 112 Å². The third-order valence-corrected chi connectivity index (χ3v) is 4.07. The van der Waals surface area contributed by atoms with E-state index in [0.29, 0.717) is 11.5 Å². The summed E-state index contributed by atoms with van der Waals surface area (Å²) in [6.07, 6.45) is 5.11. The largest absolute Gasteiger partial charge is 0.397 e. The normalized spacial score (nSPS) is 23.4. The molecule has 0 spiro atoms. The second-order valence-electron chi connectivity index (χ2n) is 5.83. The minimum atomic E-state index is 0.458. The Balaban J connectivity index is 2.05. The number of nitrogens with two attached hydrogens (primary N) is 1. The maximum absolute atomic E-state index is 6.01. The van der Waals surface area contributed by atoms with Gasteiger partial charge in [-0.15, -0.1) is 0 Å². The molecule has 0 aliphatic heterocycles. The van der Waals surface area contributed by atoms with Crippen LogP contribution in [-0.4, -0.2) is 6.04 Å². The SMILES string of the molecule is CC1(C)CCC[C@H](Nc2ccc(Br)cc2N)C1. The zero-order valence-electron chi connectivity index (χ0n) is 10.6. The van der Waals surface area contributed by atoms with Crippen molar-refractivity contribution in [1.29, 1.82) is 0 Å². The molecule has 1 aromatic carbocycles. The van der Waals surface area contributed by atoms with Crippen molar-refractivity contribution >= 4 is 27.3 Å². The van der Waals surface area contributed by atoms with Crippen molar-refractivity contribution in [3.05, 3.63) is 22.7 Å². The highest BCUT2D eigenvalue weighted by Gasteiger charge is 2.27. The van der Waals surface area contributed by atoms with Crippen LogP contribution in [0.2, 0.25) is 0 Å². The molecule has 0 bridgehead atoms. The van der Waals surface area contributed by atoms with Gasteiger partial charge in [0.25, 0.3) is 0 Å². The van der Waals surface area contributed by atoms with Crippen LogP contribution in [-0.2, 0) is 0 Å². The average Bonchev–Trinajstić information content (AvgIpc) is 2.21. The van der Waals surface area contributed by atoms with Crippen molar-refractivity contribution in [1.82, 2.24) is 0 Å². The van der Waals surface area contributed by atoms with E-state index in [-0.39, 0.29) is 0 Å². The molecule has 3 heteroatoms. The molecule has 1 aromatic rings. The van der Waals surface area contributed by atoms with Crippen molar-refractivity contribution in [2.75, 3.05) is 11.1 Å². The summed E-state index contributed by atoms with van der Waals surface area (Å²) in [7, 11) is 0. The fraction of sp³-hybridized carbons (Fsp3) is 0.571. The first kappa shape index (κ1) is 12.7. The monoisotopic (exact) mass is 296 g/mol. The highest BCUT2D eigenvalue weighted by atomic mass is 79.9. The molecule has 1 atom stereocenters. The highest BCUT2D eigenvalue weighted by molar-refractivity contribution is 9.10. The minimum absolute atomic E-state index is 0.458. The quantitative estimate of drug-likeness (QED) is 0.793. The van der Waals surface area contributed by atoms with E-state index >= 15 is 0 Å². The minimum Gasteiger partial charge on any atom is -0.397 e. The molecule has 94 valence electrons. The first-order valence-electron chi connectivity index (χ1n) is 6.28. The van der Waals surface area contributed by atoms with Crippen molar-refractivity contribution < 1.29 is 0 Å². The molecule has 0 saturated heterocycles. The molecule has 1 aliphatic carbocycles. The summed E-state index contributed by atoms with van der Waals surface area (Å²) in [6, 6.07) is 6.60. The summed E-state index contributed by atoms with van der Waals surface area (Å²) in [5, 5.41) is 3.59.